The molecule has 0 radical (unpaired) electrons. The highest BCUT2D eigenvalue weighted by Gasteiger charge is 2.28. The number of benzene rings is 3. The van der Waals surface area contributed by atoms with Crippen molar-refractivity contribution in [2.24, 2.45) is 0 Å². The predicted molar refractivity (Wildman–Crippen MR) is 146 cm³/mol. The second-order valence-electron chi connectivity index (χ2n) is 8.34. The lowest BCUT2D eigenvalue weighted by molar-refractivity contribution is 0.0521. The van der Waals surface area contributed by atoms with Crippen molar-refractivity contribution >= 4 is 51.7 Å². The molecule has 2 aromatic heterocycles. The van der Waals surface area contributed by atoms with Gasteiger partial charge in [-0.25, -0.2) is 9.78 Å². The number of nitrogens with zero attached hydrogens (tertiary/aromatic N) is 2. The fraction of sp³-hybridized carbons (Fsp3) is 0.143. The number of nitrogens with one attached hydrogen (secondary N) is 1. The topological polar surface area (TPSA) is 59.9 Å². The van der Waals surface area contributed by atoms with Crippen LogP contribution >= 0.6 is 34.8 Å². The van der Waals surface area contributed by atoms with Gasteiger partial charge >= 0.3 is 5.97 Å². The number of esters is 1. The maximum Gasteiger partial charge on any atom is 0.355 e. The Labute approximate surface area is 223 Å². The summed E-state index contributed by atoms with van der Waals surface area (Å²) >= 11 is 19.0. The molecule has 182 valence electrons. The SMILES string of the molecule is CCOC(=O)c1[nH]c2cc(Cl)ccc2c1-c1c(-c2ccccc2)ncn1C(C)c1ccc(Cl)cc1Cl. The van der Waals surface area contributed by atoms with Gasteiger partial charge in [0, 0.05) is 37.1 Å². The van der Waals surface area contributed by atoms with Gasteiger partial charge in [-0.1, -0.05) is 77.3 Å². The summed E-state index contributed by atoms with van der Waals surface area (Å²) < 4.78 is 7.45. The zero-order valence-electron chi connectivity index (χ0n) is 19.6. The first kappa shape index (κ1) is 24.4. The van der Waals surface area contributed by atoms with Crippen molar-refractivity contribution in [1.82, 2.24) is 14.5 Å². The van der Waals surface area contributed by atoms with Gasteiger partial charge in [-0.05, 0) is 43.7 Å². The van der Waals surface area contributed by atoms with E-state index in [4.69, 9.17) is 44.5 Å². The maximum atomic E-state index is 13.2. The zero-order valence-corrected chi connectivity index (χ0v) is 21.8. The lowest BCUT2D eigenvalue weighted by Crippen LogP contribution is -2.11. The molecule has 1 N–H and O–H groups in total. The van der Waals surface area contributed by atoms with Crippen LogP contribution in [-0.2, 0) is 4.74 Å². The smallest absolute Gasteiger partial charge is 0.355 e. The number of fused-ring (bicyclic) bond motifs is 1. The Morgan fingerprint density at radius 1 is 1.03 bits per heavy atom. The van der Waals surface area contributed by atoms with E-state index in [9.17, 15) is 4.79 Å². The van der Waals surface area contributed by atoms with Crippen LogP contribution in [0, 0.1) is 0 Å². The number of carbonyl (C=O) groups excluding carboxylic acids is 1. The molecular weight excluding hydrogens is 517 g/mol. The predicted octanol–water partition coefficient (Wildman–Crippen LogP) is 8.44. The first-order valence-corrected chi connectivity index (χ1v) is 12.6. The van der Waals surface area contributed by atoms with Crippen molar-refractivity contribution in [1.29, 1.82) is 0 Å². The van der Waals surface area contributed by atoms with Gasteiger partial charge in [-0.15, -0.1) is 0 Å². The summed E-state index contributed by atoms with van der Waals surface area (Å²) in [7, 11) is 0. The van der Waals surface area contributed by atoms with Crippen molar-refractivity contribution in [3.05, 3.63) is 99.4 Å². The summed E-state index contributed by atoms with van der Waals surface area (Å²) in [5.74, 6) is -0.455. The number of carbonyl (C=O) groups is 1. The normalized spacial score (nSPS) is 12.1. The van der Waals surface area contributed by atoms with Gasteiger partial charge in [-0.2, -0.15) is 0 Å². The number of imidazole rings is 1. The van der Waals surface area contributed by atoms with E-state index in [1.54, 1.807) is 31.5 Å². The number of ether oxygens (including phenoxy) is 1. The largest absolute Gasteiger partial charge is 0.461 e. The highest BCUT2D eigenvalue weighted by Crippen LogP contribution is 2.42. The van der Waals surface area contributed by atoms with Gasteiger partial charge in [0.15, 0.2) is 0 Å². The van der Waals surface area contributed by atoms with Crippen molar-refractivity contribution in [3.63, 3.8) is 0 Å². The summed E-state index contributed by atoms with van der Waals surface area (Å²) in [5, 5.41) is 2.50. The molecule has 1 unspecified atom stereocenters. The third-order valence-corrected chi connectivity index (χ3v) is 6.95. The molecule has 0 aliphatic rings. The van der Waals surface area contributed by atoms with Gasteiger partial charge < -0.3 is 14.3 Å². The van der Waals surface area contributed by atoms with E-state index in [-0.39, 0.29) is 12.6 Å². The summed E-state index contributed by atoms with van der Waals surface area (Å²) in [6, 6.07) is 20.6. The lowest BCUT2D eigenvalue weighted by atomic mass is 10.00. The Morgan fingerprint density at radius 2 is 1.75 bits per heavy atom. The monoisotopic (exact) mass is 537 g/mol. The molecule has 36 heavy (non-hydrogen) atoms. The Morgan fingerprint density at radius 3 is 2.47 bits per heavy atom. The van der Waals surface area contributed by atoms with Gasteiger partial charge in [0.05, 0.1) is 30.4 Å². The molecule has 5 aromatic rings. The number of hydrogen-bond acceptors (Lipinski definition) is 3. The minimum Gasteiger partial charge on any atom is -0.461 e. The molecule has 2 heterocycles. The number of rotatable bonds is 6. The van der Waals surface area contributed by atoms with Crippen LogP contribution in [0.15, 0.2) is 73.1 Å². The number of aromatic amines is 1. The molecule has 0 saturated heterocycles. The van der Waals surface area contributed by atoms with Gasteiger partial charge in [0.1, 0.15) is 5.69 Å². The van der Waals surface area contributed by atoms with Gasteiger partial charge in [-0.3, -0.25) is 0 Å². The maximum absolute atomic E-state index is 13.2. The molecule has 0 bridgehead atoms. The van der Waals surface area contributed by atoms with E-state index in [0.717, 1.165) is 33.4 Å². The van der Waals surface area contributed by atoms with Crippen LogP contribution in [-0.4, -0.2) is 27.1 Å². The lowest BCUT2D eigenvalue weighted by Gasteiger charge is -2.20. The Kier molecular flexibility index (Phi) is 6.80. The van der Waals surface area contributed by atoms with Crippen molar-refractivity contribution in [2.75, 3.05) is 6.61 Å². The van der Waals surface area contributed by atoms with Crippen LogP contribution < -0.4 is 0 Å². The van der Waals surface area contributed by atoms with Crippen molar-refractivity contribution in [2.45, 2.75) is 19.9 Å². The van der Waals surface area contributed by atoms with Crippen LogP contribution in [0.3, 0.4) is 0 Å². The third kappa shape index (κ3) is 4.39. The van der Waals surface area contributed by atoms with E-state index in [1.165, 1.54) is 0 Å². The number of aromatic nitrogens is 3. The Hall–Kier alpha value is -3.25. The molecule has 1 atom stereocenters. The molecule has 0 fully saturated rings. The molecule has 5 rings (SSSR count). The Bertz CT molecular complexity index is 1570. The van der Waals surface area contributed by atoms with E-state index < -0.39 is 5.97 Å². The highest BCUT2D eigenvalue weighted by atomic mass is 35.5. The van der Waals surface area contributed by atoms with Crippen molar-refractivity contribution < 1.29 is 9.53 Å². The van der Waals surface area contributed by atoms with Gasteiger partial charge in [0.2, 0.25) is 0 Å². The Balaban J connectivity index is 1.83. The molecule has 0 aliphatic heterocycles. The first-order valence-electron chi connectivity index (χ1n) is 11.4. The summed E-state index contributed by atoms with van der Waals surface area (Å²) in [6.45, 7) is 4.06. The third-order valence-electron chi connectivity index (χ3n) is 6.15. The fourth-order valence-electron chi connectivity index (χ4n) is 4.47. The summed E-state index contributed by atoms with van der Waals surface area (Å²) in [4.78, 5) is 21.2. The van der Waals surface area contributed by atoms with Crippen LogP contribution in [0.25, 0.3) is 33.4 Å². The first-order chi connectivity index (χ1) is 17.4. The van der Waals surface area contributed by atoms with Crippen LogP contribution in [0.1, 0.15) is 35.9 Å². The fourth-order valence-corrected chi connectivity index (χ4v) is 5.21. The second kappa shape index (κ2) is 10.0. The van der Waals surface area contributed by atoms with E-state index in [0.29, 0.717) is 26.3 Å². The molecule has 0 aliphatic carbocycles. The number of halogens is 3. The summed E-state index contributed by atoms with van der Waals surface area (Å²) in [5.41, 5.74) is 5.03. The quantitative estimate of drug-likeness (QED) is 0.221. The second-order valence-corrected chi connectivity index (χ2v) is 9.62. The van der Waals surface area contributed by atoms with Crippen LogP contribution in [0.2, 0.25) is 15.1 Å². The molecule has 5 nitrogen and oxygen atoms in total. The molecule has 3 aromatic carbocycles. The van der Waals surface area contributed by atoms with Gasteiger partial charge in [0.25, 0.3) is 0 Å². The minimum absolute atomic E-state index is 0.220. The average molecular weight is 539 g/mol. The molecular formula is C28H22Cl3N3O2. The molecule has 0 amide bonds. The molecule has 0 saturated carbocycles. The summed E-state index contributed by atoms with van der Waals surface area (Å²) in [6.07, 6.45) is 1.77. The van der Waals surface area contributed by atoms with Crippen LogP contribution in [0.4, 0.5) is 0 Å². The number of H-pyrrole nitrogens is 1. The van der Waals surface area contributed by atoms with Crippen LogP contribution in [0.5, 0.6) is 0 Å². The molecule has 0 spiro atoms. The van der Waals surface area contributed by atoms with E-state index in [1.807, 2.05) is 60.0 Å². The number of hydrogen-bond donors (Lipinski definition) is 1. The zero-order chi connectivity index (χ0) is 25.4. The van der Waals surface area contributed by atoms with Crippen molar-refractivity contribution in [3.8, 4) is 22.5 Å². The van der Waals surface area contributed by atoms with E-state index >= 15 is 0 Å². The molecule has 8 heteroatoms. The highest BCUT2D eigenvalue weighted by molar-refractivity contribution is 6.35. The minimum atomic E-state index is -0.455. The standard InChI is InChI=1S/C28H22Cl3N3O2/c1-3-36-28(35)26-24(21-12-10-19(30)14-23(21)33-26)27-25(17-7-5-4-6-8-17)32-15-34(27)16(2)20-11-9-18(29)13-22(20)31/h4-16,33H,3H2,1-2H3. The van der Waals surface area contributed by atoms with E-state index in [2.05, 4.69) is 4.98 Å². The average Bonchev–Trinajstić information content (AvgIpc) is 3.45.